The topological polar surface area (TPSA) is 78.2 Å². The molecule has 4 nitrogen and oxygen atoms in total. The Morgan fingerprint density at radius 3 is 2.38 bits per heavy atom. The summed E-state index contributed by atoms with van der Waals surface area (Å²) in [6.45, 7) is 0.657. The number of hydrogen-bond acceptors (Lipinski definition) is 3. The molecular weight excluding hydrogens is 152 g/mol. The highest BCUT2D eigenvalue weighted by Gasteiger charge is 1.75. The molecule has 0 aliphatic rings. The molecule has 0 aliphatic heterocycles. The highest BCUT2D eigenvalue weighted by atomic mass is 35.5. The van der Waals surface area contributed by atoms with Gasteiger partial charge in [-0.1, -0.05) is 0 Å². The highest BCUT2D eigenvalue weighted by molar-refractivity contribution is 7.77. The zero-order valence-corrected chi connectivity index (χ0v) is 5.76. The van der Waals surface area contributed by atoms with Crippen molar-refractivity contribution < 1.29 is 8.76 Å². The Balaban J connectivity index is 0. The second kappa shape index (κ2) is 7.32. The molecule has 0 aliphatic carbocycles. The van der Waals surface area contributed by atoms with Gasteiger partial charge in [0.1, 0.15) is 0 Å². The summed E-state index contributed by atoms with van der Waals surface area (Å²) in [5.41, 5.74) is 4.94. The van der Waals surface area contributed by atoms with Crippen molar-refractivity contribution >= 4 is 23.7 Å². The fourth-order valence-electron chi connectivity index (χ4n) is 0.142. The van der Waals surface area contributed by atoms with Crippen molar-refractivity contribution in [3.8, 4) is 0 Å². The van der Waals surface area contributed by atoms with Crippen molar-refractivity contribution in [2.24, 2.45) is 5.73 Å². The third-order valence-electron chi connectivity index (χ3n) is 0.364. The highest BCUT2D eigenvalue weighted by Crippen LogP contribution is 1.56. The number of rotatable bonds is 3. The third-order valence-corrected chi connectivity index (χ3v) is 0.804. The van der Waals surface area contributed by atoms with E-state index in [1.165, 1.54) is 0 Å². The van der Waals surface area contributed by atoms with Crippen molar-refractivity contribution in [2.75, 3.05) is 13.1 Å². The molecule has 0 amide bonds. The molecule has 1 atom stereocenters. The molecule has 3 N–H and O–H groups in total. The average molecular weight is 160 g/mol. The summed E-state index contributed by atoms with van der Waals surface area (Å²) in [5, 5.41) is 0. The number of nitrogens with one attached hydrogen (secondary N) is 1. The number of nitrogens with two attached hydrogens (primary N) is 1. The summed E-state index contributed by atoms with van der Waals surface area (Å²) < 4.78 is 21.3. The largest absolute Gasteiger partial charge is 0.760 e. The van der Waals surface area contributed by atoms with Gasteiger partial charge in [-0.05, 0) is 0 Å². The van der Waals surface area contributed by atoms with E-state index in [0.717, 1.165) is 0 Å². The molecular formula is C2H8ClN2O2S-. The van der Waals surface area contributed by atoms with Crippen LogP contribution < -0.4 is 10.5 Å². The van der Waals surface area contributed by atoms with E-state index in [1.807, 2.05) is 0 Å². The van der Waals surface area contributed by atoms with Gasteiger partial charge in [-0.15, -0.1) is 12.4 Å². The van der Waals surface area contributed by atoms with Gasteiger partial charge in [0.2, 0.25) is 0 Å². The second-order valence-electron chi connectivity index (χ2n) is 0.918. The van der Waals surface area contributed by atoms with Crippen LogP contribution in [-0.2, 0) is 11.3 Å². The van der Waals surface area contributed by atoms with E-state index in [9.17, 15) is 8.76 Å². The van der Waals surface area contributed by atoms with Crippen molar-refractivity contribution in [3.05, 3.63) is 0 Å². The molecule has 0 fully saturated rings. The van der Waals surface area contributed by atoms with Crippen LogP contribution in [0.1, 0.15) is 0 Å². The van der Waals surface area contributed by atoms with E-state index in [2.05, 4.69) is 4.72 Å². The standard InChI is InChI=1S/C2H8N2O2S.ClH/c3-1-2-4-7(5)6;/h4H,1-3H2,(H,5,6);1H/p-1. The summed E-state index contributed by atoms with van der Waals surface area (Å²) in [6, 6.07) is 0. The molecule has 0 saturated carbocycles. The Morgan fingerprint density at radius 2 is 2.25 bits per heavy atom. The minimum atomic E-state index is -2.15. The normalized spacial score (nSPS) is 12.2. The zero-order valence-electron chi connectivity index (χ0n) is 4.12. The Bertz CT molecular complexity index is 71.1. The second-order valence-corrected chi connectivity index (χ2v) is 1.68. The number of hydrogen-bond donors (Lipinski definition) is 2. The smallest absolute Gasteiger partial charge is 0.0194 e. The van der Waals surface area contributed by atoms with Gasteiger partial charge < -0.3 is 10.3 Å². The van der Waals surface area contributed by atoms with Crippen LogP contribution in [0, 0.1) is 0 Å². The molecule has 0 bridgehead atoms. The maximum Gasteiger partial charge on any atom is 0.0194 e. The van der Waals surface area contributed by atoms with Gasteiger partial charge >= 0.3 is 0 Å². The molecule has 0 heterocycles. The summed E-state index contributed by atoms with van der Waals surface area (Å²) in [6.07, 6.45) is 0. The predicted molar refractivity (Wildman–Crippen MR) is 33.2 cm³/mol. The van der Waals surface area contributed by atoms with E-state index >= 15 is 0 Å². The average Bonchev–Trinajstić information content (AvgIpc) is 1.61. The van der Waals surface area contributed by atoms with Crippen LogP contribution in [-0.4, -0.2) is 21.9 Å². The summed E-state index contributed by atoms with van der Waals surface area (Å²) >= 11 is -2.15. The van der Waals surface area contributed by atoms with Crippen LogP contribution in [0.25, 0.3) is 0 Å². The molecule has 0 rings (SSSR count). The SMILES string of the molecule is Cl.NCCNS(=O)[O-]. The Kier molecular flexibility index (Phi) is 10.2. The van der Waals surface area contributed by atoms with Crippen molar-refractivity contribution in [1.29, 1.82) is 0 Å². The lowest BCUT2D eigenvalue weighted by Crippen LogP contribution is -2.23. The van der Waals surface area contributed by atoms with Gasteiger partial charge in [0.05, 0.1) is 0 Å². The first-order valence-electron chi connectivity index (χ1n) is 1.80. The summed E-state index contributed by atoms with van der Waals surface area (Å²) in [7, 11) is 0. The van der Waals surface area contributed by atoms with E-state index in [-0.39, 0.29) is 12.4 Å². The van der Waals surface area contributed by atoms with Gasteiger partial charge in [-0.3, -0.25) is 4.21 Å². The lowest BCUT2D eigenvalue weighted by molar-refractivity contribution is 0.523. The molecule has 0 aromatic carbocycles. The lowest BCUT2D eigenvalue weighted by atomic mass is 10.7. The summed E-state index contributed by atoms with van der Waals surface area (Å²) in [4.78, 5) is 0. The van der Waals surface area contributed by atoms with Gasteiger partial charge in [0.25, 0.3) is 0 Å². The fourth-order valence-corrected chi connectivity index (χ4v) is 0.427. The minimum absolute atomic E-state index is 0. The molecule has 0 aromatic rings. The molecule has 52 valence electrons. The third kappa shape index (κ3) is 9.58. The quantitative estimate of drug-likeness (QED) is 0.506. The molecule has 6 heteroatoms. The molecule has 0 radical (unpaired) electrons. The molecule has 0 aromatic heterocycles. The van der Waals surface area contributed by atoms with E-state index in [4.69, 9.17) is 5.73 Å². The van der Waals surface area contributed by atoms with Gasteiger partial charge in [-0.2, -0.15) is 0 Å². The number of halogens is 1. The van der Waals surface area contributed by atoms with Crippen LogP contribution in [0.5, 0.6) is 0 Å². The Labute approximate surface area is 56.7 Å². The molecule has 0 spiro atoms. The first-order chi connectivity index (χ1) is 3.27. The predicted octanol–water partition coefficient (Wildman–Crippen LogP) is -1.25. The van der Waals surface area contributed by atoms with E-state index < -0.39 is 11.3 Å². The monoisotopic (exact) mass is 159 g/mol. The Hall–Kier alpha value is 0.320. The van der Waals surface area contributed by atoms with Crippen molar-refractivity contribution in [2.45, 2.75) is 0 Å². The molecule has 8 heavy (non-hydrogen) atoms. The van der Waals surface area contributed by atoms with Gasteiger partial charge in [0.15, 0.2) is 0 Å². The first-order valence-corrected chi connectivity index (χ1v) is 2.87. The fraction of sp³-hybridized carbons (Fsp3) is 1.00. The maximum absolute atomic E-state index is 9.59. The Morgan fingerprint density at radius 1 is 1.75 bits per heavy atom. The lowest BCUT2D eigenvalue weighted by Gasteiger charge is -2.02. The first kappa shape index (κ1) is 11.2. The van der Waals surface area contributed by atoms with E-state index in [0.29, 0.717) is 13.1 Å². The van der Waals surface area contributed by atoms with Crippen molar-refractivity contribution in [3.63, 3.8) is 0 Å². The van der Waals surface area contributed by atoms with Crippen LogP contribution in [0.4, 0.5) is 0 Å². The van der Waals surface area contributed by atoms with Crippen LogP contribution in [0.2, 0.25) is 0 Å². The van der Waals surface area contributed by atoms with Gasteiger partial charge in [-0.25, -0.2) is 4.72 Å². The molecule has 1 unspecified atom stereocenters. The zero-order chi connectivity index (χ0) is 5.70. The minimum Gasteiger partial charge on any atom is -0.760 e. The summed E-state index contributed by atoms with van der Waals surface area (Å²) in [5.74, 6) is 0. The van der Waals surface area contributed by atoms with E-state index in [1.54, 1.807) is 0 Å². The van der Waals surface area contributed by atoms with Crippen molar-refractivity contribution in [1.82, 2.24) is 4.72 Å². The van der Waals surface area contributed by atoms with Gasteiger partial charge in [0, 0.05) is 24.4 Å². The van der Waals surface area contributed by atoms with Crippen LogP contribution >= 0.6 is 12.4 Å². The maximum atomic E-state index is 9.59. The van der Waals surface area contributed by atoms with Crippen LogP contribution in [0.3, 0.4) is 0 Å². The van der Waals surface area contributed by atoms with Crippen LogP contribution in [0.15, 0.2) is 0 Å². The molecule has 0 saturated heterocycles.